The van der Waals surface area contributed by atoms with Gasteiger partial charge in [0.05, 0.1) is 0 Å². The lowest BCUT2D eigenvalue weighted by Crippen LogP contribution is -2.64. The lowest BCUT2D eigenvalue weighted by atomic mass is 9.68. The van der Waals surface area contributed by atoms with Crippen LogP contribution >= 0.6 is 0 Å². The Bertz CT molecular complexity index is 479. The minimum absolute atomic E-state index is 0.0837. The zero-order chi connectivity index (χ0) is 15.5. The summed E-state index contributed by atoms with van der Waals surface area (Å²) in [7, 11) is 0. The topological polar surface area (TPSA) is 78.4 Å². The lowest BCUT2D eigenvalue weighted by Gasteiger charge is -2.44. The van der Waals surface area contributed by atoms with Crippen molar-refractivity contribution in [1.82, 2.24) is 10.6 Å². The second kappa shape index (κ2) is 4.37. The van der Waals surface area contributed by atoms with Crippen LogP contribution in [0.25, 0.3) is 0 Å². The van der Waals surface area contributed by atoms with E-state index in [-0.39, 0.29) is 22.9 Å². The molecule has 3 rings (SSSR count). The summed E-state index contributed by atoms with van der Waals surface area (Å²) in [4.78, 5) is 23.7. The number of amides is 2. The molecule has 0 aliphatic heterocycles. The average molecular weight is 294 g/mol. The zero-order valence-electron chi connectivity index (χ0n) is 13.2. The Morgan fingerprint density at radius 3 is 2.24 bits per heavy atom. The second-order valence-electron chi connectivity index (χ2n) is 8.19. The third-order valence-corrected chi connectivity index (χ3v) is 6.51. The second-order valence-corrected chi connectivity index (χ2v) is 8.19. The largest absolute Gasteiger partial charge is 0.480 e. The Kier molecular flexibility index (Phi) is 3.05. The van der Waals surface area contributed by atoms with Crippen molar-refractivity contribution in [2.24, 2.45) is 16.7 Å². The van der Waals surface area contributed by atoms with Crippen molar-refractivity contribution in [3.8, 4) is 0 Å². The molecule has 3 unspecified atom stereocenters. The Hall–Kier alpha value is -1.26. The molecule has 0 aromatic carbocycles. The molecular weight excluding hydrogens is 268 g/mol. The first-order chi connectivity index (χ1) is 9.70. The number of carbonyl (C=O) groups is 2. The molecule has 0 radical (unpaired) electrons. The van der Waals surface area contributed by atoms with E-state index in [9.17, 15) is 14.7 Å². The minimum atomic E-state index is -1.03. The summed E-state index contributed by atoms with van der Waals surface area (Å²) in [6.07, 6.45) is 5.47. The molecule has 118 valence electrons. The SMILES string of the molecule is CC12CCC(C1)C(C)(C)C2NC(=O)NC1(C(=O)O)CCC1. The third kappa shape index (κ3) is 2.04. The summed E-state index contributed by atoms with van der Waals surface area (Å²) in [5, 5.41) is 15.1. The molecule has 2 amide bonds. The maximum Gasteiger partial charge on any atom is 0.329 e. The molecule has 5 heteroatoms. The third-order valence-electron chi connectivity index (χ3n) is 6.51. The summed E-state index contributed by atoms with van der Waals surface area (Å²) in [5.74, 6) is -0.257. The first kappa shape index (κ1) is 14.7. The van der Waals surface area contributed by atoms with Gasteiger partial charge in [0.25, 0.3) is 0 Å². The van der Waals surface area contributed by atoms with E-state index in [1.54, 1.807) is 0 Å². The van der Waals surface area contributed by atoms with Gasteiger partial charge in [-0.1, -0.05) is 20.8 Å². The highest BCUT2D eigenvalue weighted by atomic mass is 16.4. The highest BCUT2D eigenvalue weighted by molar-refractivity contribution is 5.87. The van der Waals surface area contributed by atoms with Crippen molar-refractivity contribution in [2.45, 2.75) is 70.9 Å². The van der Waals surface area contributed by atoms with Crippen LogP contribution in [-0.4, -0.2) is 28.7 Å². The molecule has 0 saturated heterocycles. The van der Waals surface area contributed by atoms with Gasteiger partial charge in [-0.3, -0.25) is 0 Å². The van der Waals surface area contributed by atoms with Crippen LogP contribution in [0, 0.1) is 16.7 Å². The van der Waals surface area contributed by atoms with Gasteiger partial charge in [-0.2, -0.15) is 0 Å². The summed E-state index contributed by atoms with van der Waals surface area (Å²) >= 11 is 0. The fraction of sp³-hybridized carbons (Fsp3) is 0.875. The Morgan fingerprint density at radius 2 is 1.81 bits per heavy atom. The van der Waals surface area contributed by atoms with Crippen molar-refractivity contribution < 1.29 is 14.7 Å². The molecule has 3 saturated carbocycles. The van der Waals surface area contributed by atoms with E-state index < -0.39 is 11.5 Å². The summed E-state index contributed by atoms with van der Waals surface area (Å²) < 4.78 is 0. The van der Waals surface area contributed by atoms with Gasteiger partial charge in [0.1, 0.15) is 5.54 Å². The molecule has 21 heavy (non-hydrogen) atoms. The quantitative estimate of drug-likeness (QED) is 0.748. The van der Waals surface area contributed by atoms with E-state index >= 15 is 0 Å². The van der Waals surface area contributed by atoms with Crippen molar-refractivity contribution in [2.75, 3.05) is 0 Å². The van der Waals surface area contributed by atoms with E-state index in [4.69, 9.17) is 0 Å². The first-order valence-corrected chi connectivity index (χ1v) is 8.02. The molecule has 0 heterocycles. The van der Waals surface area contributed by atoms with E-state index in [0.717, 1.165) is 19.3 Å². The number of rotatable bonds is 3. The molecule has 3 N–H and O–H groups in total. The average Bonchev–Trinajstić information content (AvgIpc) is 2.80. The molecule has 3 fully saturated rings. The number of carboxylic acids is 1. The number of carboxylic acid groups (broad SMARTS) is 1. The molecule has 2 bridgehead atoms. The van der Waals surface area contributed by atoms with E-state index in [1.807, 2.05) is 0 Å². The Balaban J connectivity index is 1.69. The van der Waals surface area contributed by atoms with Gasteiger partial charge in [0.2, 0.25) is 0 Å². The van der Waals surface area contributed by atoms with Gasteiger partial charge >= 0.3 is 12.0 Å². The molecule has 3 aliphatic rings. The van der Waals surface area contributed by atoms with Gasteiger partial charge < -0.3 is 15.7 Å². The highest BCUT2D eigenvalue weighted by Gasteiger charge is 2.60. The van der Waals surface area contributed by atoms with Crippen LogP contribution in [-0.2, 0) is 4.79 Å². The van der Waals surface area contributed by atoms with Crippen LogP contribution in [0.4, 0.5) is 4.79 Å². The fourth-order valence-corrected chi connectivity index (χ4v) is 4.97. The molecule has 5 nitrogen and oxygen atoms in total. The summed E-state index contributed by atoms with van der Waals surface area (Å²) in [5.41, 5.74) is -0.797. The normalized spacial score (nSPS) is 38.6. The number of carbonyl (C=O) groups excluding carboxylic acids is 1. The molecule has 3 aliphatic carbocycles. The standard InChI is InChI=1S/C16H26N2O3/c1-14(2)10-5-8-15(3,9-10)11(14)17-13(21)18-16(12(19)20)6-4-7-16/h10-11H,4-9H2,1-3H3,(H,19,20)(H2,17,18,21). The number of urea groups is 1. The van der Waals surface area contributed by atoms with Gasteiger partial charge in [-0.05, 0) is 55.3 Å². The van der Waals surface area contributed by atoms with Crippen molar-refractivity contribution in [3.05, 3.63) is 0 Å². The van der Waals surface area contributed by atoms with Crippen molar-refractivity contribution in [1.29, 1.82) is 0 Å². The maximum atomic E-state index is 12.3. The Labute approximate surface area is 125 Å². The first-order valence-electron chi connectivity index (χ1n) is 8.02. The van der Waals surface area contributed by atoms with Crippen LogP contribution in [0.15, 0.2) is 0 Å². The van der Waals surface area contributed by atoms with Gasteiger partial charge in [0, 0.05) is 6.04 Å². The number of fused-ring (bicyclic) bond motifs is 2. The van der Waals surface area contributed by atoms with Crippen molar-refractivity contribution in [3.63, 3.8) is 0 Å². The summed E-state index contributed by atoms with van der Waals surface area (Å²) in [6, 6.07) is -0.196. The predicted molar refractivity (Wildman–Crippen MR) is 78.9 cm³/mol. The van der Waals surface area contributed by atoms with Crippen LogP contribution in [0.3, 0.4) is 0 Å². The van der Waals surface area contributed by atoms with Crippen LogP contribution in [0.2, 0.25) is 0 Å². The van der Waals surface area contributed by atoms with Crippen LogP contribution in [0.5, 0.6) is 0 Å². The van der Waals surface area contributed by atoms with E-state index in [2.05, 4.69) is 31.4 Å². The van der Waals surface area contributed by atoms with Gasteiger partial charge in [-0.25, -0.2) is 9.59 Å². The minimum Gasteiger partial charge on any atom is -0.480 e. The molecule has 0 aromatic heterocycles. The van der Waals surface area contributed by atoms with Gasteiger partial charge in [0.15, 0.2) is 0 Å². The van der Waals surface area contributed by atoms with Crippen LogP contribution < -0.4 is 10.6 Å². The molecular formula is C16H26N2O3. The highest BCUT2D eigenvalue weighted by Crippen LogP contribution is 2.62. The number of hydrogen-bond donors (Lipinski definition) is 3. The summed E-state index contributed by atoms with van der Waals surface area (Å²) in [6.45, 7) is 6.70. The monoisotopic (exact) mass is 294 g/mol. The predicted octanol–water partition coefficient (Wildman–Crippen LogP) is 2.51. The van der Waals surface area contributed by atoms with Gasteiger partial charge in [-0.15, -0.1) is 0 Å². The van der Waals surface area contributed by atoms with E-state index in [0.29, 0.717) is 18.8 Å². The zero-order valence-corrected chi connectivity index (χ0v) is 13.2. The molecule has 0 spiro atoms. The maximum absolute atomic E-state index is 12.3. The number of nitrogens with one attached hydrogen (secondary N) is 2. The fourth-order valence-electron chi connectivity index (χ4n) is 4.97. The number of hydrogen-bond acceptors (Lipinski definition) is 2. The lowest BCUT2D eigenvalue weighted by molar-refractivity contribution is -0.148. The number of aliphatic carboxylic acids is 1. The smallest absolute Gasteiger partial charge is 0.329 e. The molecule has 0 aromatic rings. The Morgan fingerprint density at radius 1 is 1.14 bits per heavy atom. The van der Waals surface area contributed by atoms with Crippen molar-refractivity contribution >= 4 is 12.0 Å². The van der Waals surface area contributed by atoms with Crippen LogP contribution in [0.1, 0.15) is 59.3 Å². The van der Waals surface area contributed by atoms with E-state index in [1.165, 1.54) is 6.42 Å². The molecule has 3 atom stereocenters.